The lowest BCUT2D eigenvalue weighted by Crippen LogP contribution is -2.36. The van der Waals surface area contributed by atoms with Gasteiger partial charge in [-0.1, -0.05) is 41.3 Å². The lowest BCUT2D eigenvalue weighted by Gasteiger charge is -2.13. The second-order valence-corrected chi connectivity index (χ2v) is 10.5. The molecule has 0 bridgehead atoms. The standard InChI is InChI=1S/C20H20N2O3S3/c1-14-8-9-18-16(12-14)21(2)19(26-18)13-20-22(10-5-11-28(23,24)25)15-6-3-4-7-17(15)27-20/h3-4,6-9,12-13H,5,10-11H2,1-2H3/p+1. The Bertz CT molecular complexity index is 1180. The van der Waals surface area contributed by atoms with Gasteiger partial charge in [0.25, 0.3) is 15.1 Å². The van der Waals surface area contributed by atoms with Gasteiger partial charge in [-0.25, -0.2) is 0 Å². The molecule has 1 aromatic heterocycles. The molecule has 2 heterocycles. The molecule has 0 saturated heterocycles. The van der Waals surface area contributed by atoms with Crippen LogP contribution in [-0.4, -0.2) is 25.8 Å². The minimum Gasteiger partial charge on any atom is -0.338 e. The number of rotatable bonds is 5. The van der Waals surface area contributed by atoms with Crippen LogP contribution in [0, 0.1) is 6.92 Å². The lowest BCUT2D eigenvalue weighted by molar-refractivity contribution is -0.668. The van der Waals surface area contributed by atoms with Crippen LogP contribution in [-0.2, 0) is 16.7 Å². The number of benzene rings is 2. The summed E-state index contributed by atoms with van der Waals surface area (Å²) in [6.45, 7) is 2.62. The molecule has 146 valence electrons. The van der Waals surface area contributed by atoms with E-state index in [0.29, 0.717) is 13.0 Å². The third-order valence-electron chi connectivity index (χ3n) is 4.69. The van der Waals surface area contributed by atoms with E-state index >= 15 is 0 Å². The van der Waals surface area contributed by atoms with Gasteiger partial charge in [-0.2, -0.15) is 13.0 Å². The van der Waals surface area contributed by atoms with Crippen LogP contribution in [0.15, 0.2) is 52.4 Å². The first-order valence-corrected chi connectivity index (χ1v) is 12.2. The third kappa shape index (κ3) is 3.96. The van der Waals surface area contributed by atoms with Crippen LogP contribution < -0.4 is 9.47 Å². The van der Waals surface area contributed by atoms with Crippen LogP contribution in [0.3, 0.4) is 0 Å². The molecule has 2 aromatic carbocycles. The molecule has 5 nitrogen and oxygen atoms in total. The van der Waals surface area contributed by atoms with E-state index in [1.165, 1.54) is 16.1 Å². The maximum Gasteiger partial charge on any atom is 0.265 e. The van der Waals surface area contributed by atoms with Crippen molar-refractivity contribution < 1.29 is 17.5 Å². The molecular weight excluding hydrogens is 412 g/mol. The largest absolute Gasteiger partial charge is 0.338 e. The van der Waals surface area contributed by atoms with Gasteiger partial charge in [-0.3, -0.25) is 4.55 Å². The smallest absolute Gasteiger partial charge is 0.265 e. The zero-order valence-electron chi connectivity index (χ0n) is 15.6. The van der Waals surface area contributed by atoms with Crippen molar-refractivity contribution in [1.82, 2.24) is 0 Å². The first-order chi connectivity index (χ1) is 13.3. The predicted octanol–water partition coefficient (Wildman–Crippen LogP) is 4.32. The van der Waals surface area contributed by atoms with E-state index in [9.17, 15) is 8.42 Å². The van der Waals surface area contributed by atoms with E-state index in [-0.39, 0.29) is 5.75 Å². The molecule has 0 saturated carbocycles. The highest BCUT2D eigenvalue weighted by Gasteiger charge is 2.26. The second-order valence-electron chi connectivity index (χ2n) is 6.81. The molecule has 0 fully saturated rings. The van der Waals surface area contributed by atoms with Crippen LogP contribution in [0.4, 0.5) is 5.69 Å². The topological polar surface area (TPSA) is 61.5 Å². The summed E-state index contributed by atoms with van der Waals surface area (Å²) >= 11 is 3.43. The van der Waals surface area contributed by atoms with Crippen molar-refractivity contribution >= 4 is 55.2 Å². The van der Waals surface area contributed by atoms with Gasteiger partial charge in [0.05, 0.1) is 22.5 Å². The Hall–Kier alpha value is -1.87. The molecule has 0 unspecified atom stereocenters. The molecule has 4 rings (SSSR count). The summed E-state index contributed by atoms with van der Waals surface area (Å²) < 4.78 is 34.6. The Morgan fingerprint density at radius 1 is 1.21 bits per heavy atom. The van der Waals surface area contributed by atoms with Crippen LogP contribution >= 0.6 is 23.1 Å². The Morgan fingerprint density at radius 3 is 2.79 bits per heavy atom. The number of nitrogens with zero attached hydrogens (tertiary/aromatic N) is 2. The van der Waals surface area contributed by atoms with E-state index in [2.05, 4.69) is 53.8 Å². The fourth-order valence-corrected chi connectivity index (χ4v) is 6.06. The molecule has 0 radical (unpaired) electrons. The molecule has 8 heteroatoms. The third-order valence-corrected chi connectivity index (χ3v) is 7.77. The molecule has 3 aromatic rings. The predicted molar refractivity (Wildman–Crippen MR) is 116 cm³/mol. The highest BCUT2D eigenvalue weighted by molar-refractivity contribution is 8.03. The van der Waals surface area contributed by atoms with E-state index in [1.54, 1.807) is 23.1 Å². The molecule has 1 N–H and O–H groups in total. The van der Waals surface area contributed by atoms with Crippen LogP contribution in [0.5, 0.6) is 0 Å². The van der Waals surface area contributed by atoms with Crippen LogP contribution in [0.1, 0.15) is 17.0 Å². The first-order valence-electron chi connectivity index (χ1n) is 8.92. The van der Waals surface area contributed by atoms with Gasteiger partial charge in [-0.05, 0) is 30.7 Å². The zero-order chi connectivity index (χ0) is 19.9. The summed E-state index contributed by atoms with van der Waals surface area (Å²) in [6.07, 6.45) is 2.53. The quantitative estimate of drug-likeness (QED) is 0.480. The SMILES string of the molecule is Cc1ccc2c(c1)N(C)C(=Cc1sc3ccccc3[n+]1CCCS(=O)(=O)O)S2. The molecule has 0 spiro atoms. The summed E-state index contributed by atoms with van der Waals surface area (Å²) in [7, 11) is -1.88. The summed E-state index contributed by atoms with van der Waals surface area (Å²) in [6, 6.07) is 14.6. The zero-order valence-corrected chi connectivity index (χ0v) is 18.1. The Morgan fingerprint density at radius 2 is 2.00 bits per heavy atom. The number of hydrogen-bond donors (Lipinski definition) is 1. The fraction of sp³-hybridized carbons (Fsp3) is 0.250. The number of anilines is 1. The maximum atomic E-state index is 11.1. The Labute approximate surface area is 173 Å². The van der Waals surface area contributed by atoms with Crippen LogP contribution in [0.2, 0.25) is 0 Å². The summed E-state index contributed by atoms with van der Waals surface area (Å²) in [5.74, 6) is -0.237. The van der Waals surface area contributed by atoms with Crippen molar-refractivity contribution in [2.45, 2.75) is 24.8 Å². The number of aromatic nitrogens is 1. The molecule has 1 aliphatic heterocycles. The highest BCUT2D eigenvalue weighted by Crippen LogP contribution is 2.46. The molecule has 0 atom stereocenters. The second kappa shape index (κ2) is 7.51. The number of thioether (sulfide) groups is 1. The van der Waals surface area contributed by atoms with Crippen molar-refractivity contribution in [2.75, 3.05) is 17.7 Å². The minimum atomic E-state index is -3.95. The van der Waals surface area contributed by atoms with Gasteiger partial charge in [0.15, 0.2) is 6.54 Å². The first kappa shape index (κ1) is 19.4. The van der Waals surface area contributed by atoms with Crippen molar-refractivity contribution in [3.8, 4) is 0 Å². The number of thiazole rings is 1. The van der Waals surface area contributed by atoms with E-state index in [1.807, 2.05) is 18.2 Å². The average Bonchev–Trinajstić information content (AvgIpc) is 3.13. The van der Waals surface area contributed by atoms with Gasteiger partial charge >= 0.3 is 0 Å². The van der Waals surface area contributed by atoms with Crippen molar-refractivity contribution in [3.63, 3.8) is 0 Å². The van der Waals surface area contributed by atoms with Crippen molar-refractivity contribution in [2.24, 2.45) is 0 Å². The average molecular weight is 434 g/mol. The van der Waals surface area contributed by atoms with Gasteiger partial charge < -0.3 is 4.90 Å². The summed E-state index contributed by atoms with van der Waals surface area (Å²) in [5.41, 5.74) is 3.51. The van der Waals surface area contributed by atoms with Gasteiger partial charge in [0, 0.05) is 24.4 Å². The minimum absolute atomic E-state index is 0.237. The number of fused-ring (bicyclic) bond motifs is 2. The van der Waals surface area contributed by atoms with E-state index in [0.717, 1.165) is 20.3 Å². The van der Waals surface area contributed by atoms with Crippen molar-refractivity contribution in [3.05, 3.63) is 58.1 Å². The number of aryl methyl sites for hydroxylation is 2. The number of para-hydroxylation sites is 1. The maximum absolute atomic E-state index is 11.1. The normalized spacial score (nSPS) is 15.5. The highest BCUT2D eigenvalue weighted by atomic mass is 32.2. The molecule has 0 aliphatic carbocycles. The lowest BCUT2D eigenvalue weighted by atomic mass is 10.2. The summed E-state index contributed by atoms with van der Waals surface area (Å²) in [4.78, 5) is 3.43. The molecule has 0 amide bonds. The molecule has 1 aliphatic rings. The summed E-state index contributed by atoms with van der Waals surface area (Å²) in [5, 5.41) is 2.20. The van der Waals surface area contributed by atoms with Gasteiger partial charge in [-0.15, -0.1) is 0 Å². The Balaban J connectivity index is 1.70. The molecular formula is C20H21N2O3S3+. The van der Waals surface area contributed by atoms with Gasteiger partial charge in [0.1, 0.15) is 4.70 Å². The van der Waals surface area contributed by atoms with E-state index in [4.69, 9.17) is 4.55 Å². The molecule has 28 heavy (non-hydrogen) atoms. The monoisotopic (exact) mass is 433 g/mol. The number of hydrogen-bond acceptors (Lipinski definition) is 5. The fourth-order valence-electron chi connectivity index (χ4n) is 3.30. The van der Waals surface area contributed by atoms with Crippen molar-refractivity contribution in [1.29, 1.82) is 0 Å². The van der Waals surface area contributed by atoms with Gasteiger partial charge in [0.2, 0.25) is 5.52 Å². The van der Waals surface area contributed by atoms with Crippen LogP contribution in [0.25, 0.3) is 16.3 Å². The Kier molecular flexibility index (Phi) is 5.22. The van der Waals surface area contributed by atoms with E-state index < -0.39 is 10.1 Å².